The fraction of sp³-hybridized carbons (Fsp3) is 0.500. The number of aromatic amines is 1. The molecule has 2 heteroatoms. The monoisotopic (exact) mass is 138 g/mol. The SMILES string of the molecule is Cc1cc(C)c([C@H](C)N)[nH]1. The number of rotatable bonds is 1. The van der Waals surface area contributed by atoms with Crippen LogP contribution < -0.4 is 5.73 Å². The van der Waals surface area contributed by atoms with Crippen molar-refractivity contribution in [3.05, 3.63) is 23.0 Å². The van der Waals surface area contributed by atoms with Crippen LogP contribution >= 0.6 is 0 Å². The Hall–Kier alpha value is -0.760. The van der Waals surface area contributed by atoms with Crippen LogP contribution in [0.5, 0.6) is 0 Å². The molecule has 1 rings (SSSR count). The van der Waals surface area contributed by atoms with Gasteiger partial charge in [0.1, 0.15) is 0 Å². The summed E-state index contributed by atoms with van der Waals surface area (Å²) in [5, 5.41) is 0. The summed E-state index contributed by atoms with van der Waals surface area (Å²) in [5.74, 6) is 0. The molecule has 0 aliphatic carbocycles. The first-order chi connectivity index (χ1) is 4.61. The Labute approximate surface area is 61.4 Å². The Bertz CT molecular complexity index is 223. The van der Waals surface area contributed by atoms with Gasteiger partial charge in [0.2, 0.25) is 0 Å². The van der Waals surface area contributed by atoms with E-state index < -0.39 is 0 Å². The minimum absolute atomic E-state index is 0.119. The molecular formula is C8H14N2. The molecule has 0 fully saturated rings. The molecule has 0 radical (unpaired) electrons. The molecule has 1 atom stereocenters. The first kappa shape index (κ1) is 7.35. The number of aryl methyl sites for hydroxylation is 2. The van der Waals surface area contributed by atoms with Crippen molar-refractivity contribution in [2.24, 2.45) is 5.73 Å². The number of nitrogens with two attached hydrogens (primary N) is 1. The second-order valence-electron chi connectivity index (χ2n) is 2.84. The van der Waals surface area contributed by atoms with Gasteiger partial charge in [-0.2, -0.15) is 0 Å². The van der Waals surface area contributed by atoms with E-state index in [9.17, 15) is 0 Å². The maximum Gasteiger partial charge on any atom is 0.0421 e. The molecule has 56 valence electrons. The van der Waals surface area contributed by atoms with Crippen molar-refractivity contribution < 1.29 is 0 Å². The zero-order chi connectivity index (χ0) is 7.72. The van der Waals surface area contributed by atoms with E-state index >= 15 is 0 Å². The molecule has 3 N–H and O–H groups in total. The summed E-state index contributed by atoms with van der Waals surface area (Å²) in [6, 6.07) is 2.23. The number of nitrogens with one attached hydrogen (secondary N) is 1. The van der Waals surface area contributed by atoms with Gasteiger partial charge in [-0.25, -0.2) is 0 Å². The van der Waals surface area contributed by atoms with Crippen LogP contribution in [0.25, 0.3) is 0 Å². The van der Waals surface area contributed by atoms with Gasteiger partial charge in [-0.3, -0.25) is 0 Å². The van der Waals surface area contributed by atoms with Crippen molar-refractivity contribution in [2.75, 3.05) is 0 Å². The molecule has 0 saturated heterocycles. The maximum atomic E-state index is 5.70. The Morgan fingerprint density at radius 1 is 1.50 bits per heavy atom. The Morgan fingerprint density at radius 3 is 2.30 bits per heavy atom. The summed E-state index contributed by atoms with van der Waals surface area (Å²) in [5.41, 5.74) is 9.29. The van der Waals surface area contributed by atoms with Crippen molar-refractivity contribution in [3.63, 3.8) is 0 Å². The molecule has 0 amide bonds. The van der Waals surface area contributed by atoms with E-state index in [1.165, 1.54) is 11.3 Å². The second kappa shape index (κ2) is 2.46. The van der Waals surface area contributed by atoms with Crippen LogP contribution in [0.15, 0.2) is 6.07 Å². The fourth-order valence-corrected chi connectivity index (χ4v) is 1.22. The van der Waals surface area contributed by atoms with Gasteiger partial charge in [-0.05, 0) is 32.4 Å². The first-order valence-electron chi connectivity index (χ1n) is 3.53. The van der Waals surface area contributed by atoms with Crippen LogP contribution in [0, 0.1) is 13.8 Å². The van der Waals surface area contributed by atoms with Gasteiger partial charge in [0.25, 0.3) is 0 Å². The third kappa shape index (κ3) is 1.21. The van der Waals surface area contributed by atoms with E-state index in [1.807, 2.05) is 13.8 Å². The highest BCUT2D eigenvalue weighted by Crippen LogP contribution is 2.14. The lowest BCUT2D eigenvalue weighted by Gasteiger charge is -2.02. The van der Waals surface area contributed by atoms with Gasteiger partial charge in [-0.15, -0.1) is 0 Å². The third-order valence-electron chi connectivity index (χ3n) is 1.65. The molecule has 2 nitrogen and oxygen atoms in total. The van der Waals surface area contributed by atoms with Crippen molar-refractivity contribution >= 4 is 0 Å². The van der Waals surface area contributed by atoms with Crippen molar-refractivity contribution in [1.82, 2.24) is 4.98 Å². The zero-order valence-corrected chi connectivity index (χ0v) is 6.73. The predicted octanol–water partition coefficient (Wildman–Crippen LogP) is 1.65. The lowest BCUT2D eigenvalue weighted by atomic mass is 10.2. The number of hydrogen-bond donors (Lipinski definition) is 2. The Kier molecular flexibility index (Phi) is 1.81. The standard InChI is InChI=1S/C8H14N2/c1-5-4-6(2)10-8(5)7(3)9/h4,7,10H,9H2,1-3H3/t7-/m0/s1. The lowest BCUT2D eigenvalue weighted by Crippen LogP contribution is -2.06. The van der Waals surface area contributed by atoms with Gasteiger partial charge in [0, 0.05) is 17.4 Å². The van der Waals surface area contributed by atoms with E-state index in [4.69, 9.17) is 5.73 Å². The van der Waals surface area contributed by atoms with Gasteiger partial charge in [0.15, 0.2) is 0 Å². The van der Waals surface area contributed by atoms with Gasteiger partial charge in [0.05, 0.1) is 0 Å². The van der Waals surface area contributed by atoms with Crippen LogP contribution in [-0.2, 0) is 0 Å². The minimum atomic E-state index is 0.119. The van der Waals surface area contributed by atoms with Gasteiger partial charge < -0.3 is 10.7 Å². The quantitative estimate of drug-likeness (QED) is 0.608. The number of aromatic nitrogens is 1. The highest BCUT2D eigenvalue weighted by Gasteiger charge is 2.04. The molecule has 0 aliphatic rings. The van der Waals surface area contributed by atoms with E-state index in [1.54, 1.807) is 0 Å². The van der Waals surface area contributed by atoms with Crippen molar-refractivity contribution in [1.29, 1.82) is 0 Å². The molecule has 10 heavy (non-hydrogen) atoms. The minimum Gasteiger partial charge on any atom is -0.361 e. The van der Waals surface area contributed by atoms with Crippen LogP contribution in [0.1, 0.15) is 29.9 Å². The van der Waals surface area contributed by atoms with Gasteiger partial charge >= 0.3 is 0 Å². The predicted molar refractivity (Wildman–Crippen MR) is 42.9 cm³/mol. The van der Waals surface area contributed by atoms with Crippen molar-refractivity contribution in [3.8, 4) is 0 Å². The highest BCUT2D eigenvalue weighted by molar-refractivity contribution is 5.25. The molecular weight excluding hydrogens is 124 g/mol. The lowest BCUT2D eigenvalue weighted by molar-refractivity contribution is 0.779. The molecule has 1 aromatic heterocycles. The fourth-order valence-electron chi connectivity index (χ4n) is 1.22. The van der Waals surface area contributed by atoms with Crippen LogP contribution in [0.2, 0.25) is 0 Å². The molecule has 0 aromatic carbocycles. The topological polar surface area (TPSA) is 41.8 Å². The smallest absolute Gasteiger partial charge is 0.0421 e. The summed E-state index contributed by atoms with van der Waals surface area (Å²) >= 11 is 0. The third-order valence-corrected chi connectivity index (χ3v) is 1.65. The van der Waals surface area contributed by atoms with E-state index in [0.29, 0.717) is 0 Å². The second-order valence-corrected chi connectivity index (χ2v) is 2.84. The largest absolute Gasteiger partial charge is 0.361 e. The Morgan fingerprint density at radius 2 is 2.10 bits per heavy atom. The summed E-state index contributed by atoms with van der Waals surface area (Å²) in [7, 11) is 0. The number of hydrogen-bond acceptors (Lipinski definition) is 1. The normalized spacial score (nSPS) is 13.6. The van der Waals surface area contributed by atoms with E-state index in [-0.39, 0.29) is 6.04 Å². The molecule has 1 heterocycles. The number of H-pyrrole nitrogens is 1. The molecule has 0 saturated carbocycles. The molecule has 0 aliphatic heterocycles. The van der Waals surface area contributed by atoms with Crippen LogP contribution in [-0.4, -0.2) is 4.98 Å². The van der Waals surface area contributed by atoms with Crippen molar-refractivity contribution in [2.45, 2.75) is 26.8 Å². The molecule has 0 bridgehead atoms. The summed E-state index contributed by atoms with van der Waals surface area (Å²) in [6.07, 6.45) is 0. The average molecular weight is 138 g/mol. The summed E-state index contributed by atoms with van der Waals surface area (Å²) in [4.78, 5) is 3.22. The summed E-state index contributed by atoms with van der Waals surface area (Å²) in [6.45, 7) is 6.10. The molecule has 1 aromatic rings. The summed E-state index contributed by atoms with van der Waals surface area (Å²) < 4.78 is 0. The molecule has 0 unspecified atom stereocenters. The van der Waals surface area contributed by atoms with E-state index in [0.717, 1.165) is 5.69 Å². The highest BCUT2D eigenvalue weighted by atomic mass is 14.8. The Balaban J connectivity index is 3.03. The maximum absolute atomic E-state index is 5.70. The van der Waals surface area contributed by atoms with Crippen LogP contribution in [0.4, 0.5) is 0 Å². The average Bonchev–Trinajstić information content (AvgIpc) is 2.10. The molecule has 0 spiro atoms. The van der Waals surface area contributed by atoms with E-state index in [2.05, 4.69) is 18.0 Å². The van der Waals surface area contributed by atoms with Crippen LogP contribution in [0.3, 0.4) is 0 Å². The van der Waals surface area contributed by atoms with Gasteiger partial charge in [-0.1, -0.05) is 0 Å². The zero-order valence-electron chi connectivity index (χ0n) is 6.73. The first-order valence-corrected chi connectivity index (χ1v) is 3.53.